The van der Waals surface area contributed by atoms with Gasteiger partial charge in [0.1, 0.15) is 6.10 Å². The minimum Gasteiger partial charge on any atom is -0.459 e. The van der Waals surface area contributed by atoms with E-state index in [4.69, 9.17) is 4.74 Å². The highest BCUT2D eigenvalue weighted by atomic mass is 16.5. The van der Waals surface area contributed by atoms with Crippen molar-refractivity contribution in [3.63, 3.8) is 0 Å². The molecule has 0 saturated carbocycles. The number of esters is 1. The van der Waals surface area contributed by atoms with Crippen molar-refractivity contribution >= 4 is 5.97 Å². The third kappa shape index (κ3) is 9.10. The highest BCUT2D eigenvalue weighted by Crippen LogP contribution is 2.16. The van der Waals surface area contributed by atoms with Crippen LogP contribution in [-0.4, -0.2) is 12.1 Å². The number of hydrogen-bond donors (Lipinski definition) is 0. The Hall–Kier alpha value is -1.31. The van der Waals surface area contributed by atoms with Crippen LogP contribution in [0.25, 0.3) is 0 Å². The summed E-state index contributed by atoms with van der Waals surface area (Å²) in [6.45, 7) is 6.43. The van der Waals surface area contributed by atoms with Crippen LogP contribution in [-0.2, 0) is 4.74 Å². The van der Waals surface area contributed by atoms with E-state index in [1.165, 1.54) is 51.4 Å². The van der Waals surface area contributed by atoms with Crippen LogP contribution in [0.5, 0.6) is 0 Å². The molecule has 1 rings (SSSR count). The van der Waals surface area contributed by atoms with E-state index in [-0.39, 0.29) is 12.1 Å². The third-order valence-electron chi connectivity index (χ3n) is 4.55. The molecule has 0 fully saturated rings. The molecule has 2 nitrogen and oxygen atoms in total. The lowest BCUT2D eigenvalue weighted by Gasteiger charge is -2.17. The Kier molecular flexibility index (Phi) is 11.3. The number of ether oxygens (including phenoxy) is 1. The summed E-state index contributed by atoms with van der Waals surface area (Å²) < 4.78 is 5.74. The zero-order valence-corrected chi connectivity index (χ0v) is 16.0. The van der Waals surface area contributed by atoms with Crippen molar-refractivity contribution in [2.75, 3.05) is 0 Å². The fraction of sp³-hybridized carbons (Fsp3) is 0.682. The number of aryl methyl sites for hydroxylation is 1. The summed E-state index contributed by atoms with van der Waals surface area (Å²) in [5, 5.41) is 0. The second-order valence-corrected chi connectivity index (χ2v) is 6.95. The van der Waals surface area contributed by atoms with Gasteiger partial charge in [-0.05, 0) is 38.3 Å². The van der Waals surface area contributed by atoms with Crippen molar-refractivity contribution in [1.82, 2.24) is 0 Å². The van der Waals surface area contributed by atoms with E-state index in [2.05, 4.69) is 13.8 Å². The first-order chi connectivity index (χ1) is 11.7. The van der Waals surface area contributed by atoms with Crippen LogP contribution in [0.15, 0.2) is 24.3 Å². The van der Waals surface area contributed by atoms with Gasteiger partial charge in [-0.1, -0.05) is 82.9 Å². The summed E-state index contributed by atoms with van der Waals surface area (Å²) in [5.41, 5.74) is 1.83. The minimum absolute atomic E-state index is 0.0731. The molecule has 0 spiro atoms. The molecule has 0 N–H and O–H groups in total. The summed E-state index contributed by atoms with van der Waals surface area (Å²) in [6, 6.07) is 7.64. The summed E-state index contributed by atoms with van der Waals surface area (Å²) in [7, 11) is 0. The first kappa shape index (κ1) is 20.7. The van der Waals surface area contributed by atoms with Crippen molar-refractivity contribution in [2.45, 2.75) is 97.5 Å². The zero-order chi connectivity index (χ0) is 17.6. The molecule has 136 valence electrons. The average molecular weight is 333 g/mol. The van der Waals surface area contributed by atoms with Gasteiger partial charge in [-0.15, -0.1) is 0 Å². The lowest BCUT2D eigenvalue weighted by molar-refractivity contribution is 0.0253. The van der Waals surface area contributed by atoms with E-state index in [0.29, 0.717) is 5.56 Å². The van der Waals surface area contributed by atoms with Gasteiger partial charge in [0.2, 0.25) is 0 Å². The number of hydrogen-bond acceptors (Lipinski definition) is 2. The predicted molar refractivity (Wildman–Crippen MR) is 103 cm³/mol. The SMILES string of the molecule is CCCCCCCCCCC(CCC)OC(=O)c1ccc(C)cc1. The quantitative estimate of drug-likeness (QED) is 0.291. The maximum Gasteiger partial charge on any atom is 0.338 e. The molecule has 1 aromatic carbocycles. The molecule has 0 bridgehead atoms. The molecule has 2 heteroatoms. The Labute approximate surface area is 149 Å². The maximum atomic E-state index is 12.3. The normalized spacial score (nSPS) is 12.1. The van der Waals surface area contributed by atoms with E-state index in [1.54, 1.807) is 0 Å². The van der Waals surface area contributed by atoms with Gasteiger partial charge in [-0.25, -0.2) is 4.79 Å². The maximum absolute atomic E-state index is 12.3. The number of rotatable bonds is 13. The third-order valence-corrected chi connectivity index (χ3v) is 4.55. The Morgan fingerprint density at radius 3 is 2.00 bits per heavy atom. The molecule has 0 aromatic heterocycles. The highest BCUT2D eigenvalue weighted by Gasteiger charge is 2.15. The summed E-state index contributed by atoms with van der Waals surface area (Å²) >= 11 is 0. The predicted octanol–water partition coefficient (Wildman–Crippen LogP) is 6.85. The van der Waals surface area contributed by atoms with Crippen molar-refractivity contribution in [2.24, 2.45) is 0 Å². The highest BCUT2D eigenvalue weighted by molar-refractivity contribution is 5.89. The summed E-state index contributed by atoms with van der Waals surface area (Å²) in [5.74, 6) is -0.173. The monoisotopic (exact) mass is 332 g/mol. The van der Waals surface area contributed by atoms with Crippen molar-refractivity contribution < 1.29 is 9.53 Å². The largest absolute Gasteiger partial charge is 0.459 e. The van der Waals surface area contributed by atoms with Crippen molar-refractivity contribution in [1.29, 1.82) is 0 Å². The van der Waals surface area contributed by atoms with Gasteiger partial charge in [-0.2, -0.15) is 0 Å². The lowest BCUT2D eigenvalue weighted by atomic mass is 10.0. The van der Waals surface area contributed by atoms with Gasteiger partial charge in [0, 0.05) is 0 Å². The molecule has 24 heavy (non-hydrogen) atoms. The van der Waals surface area contributed by atoms with E-state index in [9.17, 15) is 4.79 Å². The Morgan fingerprint density at radius 1 is 0.833 bits per heavy atom. The number of unbranched alkanes of at least 4 members (excludes halogenated alkanes) is 7. The smallest absolute Gasteiger partial charge is 0.338 e. The molecule has 0 saturated heterocycles. The molecule has 1 atom stereocenters. The van der Waals surface area contributed by atoms with E-state index in [0.717, 1.165) is 24.8 Å². The van der Waals surface area contributed by atoms with Gasteiger partial charge < -0.3 is 4.74 Å². The number of carbonyl (C=O) groups excluding carboxylic acids is 1. The van der Waals surface area contributed by atoms with E-state index in [1.807, 2.05) is 31.2 Å². The molecular formula is C22H36O2. The fourth-order valence-corrected chi connectivity index (χ4v) is 3.00. The Balaban J connectivity index is 2.25. The van der Waals surface area contributed by atoms with Gasteiger partial charge in [-0.3, -0.25) is 0 Å². The van der Waals surface area contributed by atoms with Crippen LogP contribution in [0.1, 0.15) is 100 Å². The van der Waals surface area contributed by atoms with Crippen molar-refractivity contribution in [3.05, 3.63) is 35.4 Å². The van der Waals surface area contributed by atoms with Crippen LogP contribution in [0.2, 0.25) is 0 Å². The van der Waals surface area contributed by atoms with Gasteiger partial charge in [0.25, 0.3) is 0 Å². The molecule has 0 amide bonds. The van der Waals surface area contributed by atoms with E-state index >= 15 is 0 Å². The van der Waals surface area contributed by atoms with Crippen molar-refractivity contribution in [3.8, 4) is 0 Å². The topological polar surface area (TPSA) is 26.3 Å². The Bertz CT molecular complexity index is 436. The Morgan fingerprint density at radius 2 is 1.42 bits per heavy atom. The van der Waals surface area contributed by atoms with Crippen LogP contribution in [0, 0.1) is 6.92 Å². The molecule has 0 aliphatic carbocycles. The van der Waals surface area contributed by atoms with Gasteiger partial charge in [0.05, 0.1) is 5.56 Å². The lowest BCUT2D eigenvalue weighted by Crippen LogP contribution is -2.18. The minimum atomic E-state index is -0.173. The second-order valence-electron chi connectivity index (χ2n) is 6.95. The van der Waals surface area contributed by atoms with E-state index < -0.39 is 0 Å². The zero-order valence-electron chi connectivity index (χ0n) is 16.0. The molecule has 1 aromatic rings. The standard InChI is InChI=1S/C22H36O2/c1-4-6-7-8-9-10-11-12-14-21(13-5-2)24-22(23)20-17-15-19(3)16-18-20/h15-18,21H,4-14H2,1-3H3. The molecule has 1 unspecified atom stereocenters. The van der Waals surface area contributed by atoms with Gasteiger partial charge in [0.15, 0.2) is 0 Å². The van der Waals surface area contributed by atoms with Crippen LogP contribution in [0.3, 0.4) is 0 Å². The molecular weight excluding hydrogens is 296 g/mol. The average Bonchev–Trinajstić information content (AvgIpc) is 2.58. The first-order valence-electron chi connectivity index (χ1n) is 9.95. The first-order valence-corrected chi connectivity index (χ1v) is 9.95. The fourth-order valence-electron chi connectivity index (χ4n) is 3.00. The number of benzene rings is 1. The molecule has 0 heterocycles. The molecule has 0 aliphatic heterocycles. The van der Waals surface area contributed by atoms with Crippen LogP contribution >= 0.6 is 0 Å². The molecule has 0 radical (unpaired) electrons. The second kappa shape index (κ2) is 13.0. The summed E-state index contributed by atoms with van der Waals surface area (Å²) in [4.78, 5) is 12.3. The van der Waals surface area contributed by atoms with Crippen LogP contribution in [0.4, 0.5) is 0 Å². The van der Waals surface area contributed by atoms with Crippen LogP contribution < -0.4 is 0 Å². The van der Waals surface area contributed by atoms with Gasteiger partial charge >= 0.3 is 5.97 Å². The molecule has 0 aliphatic rings. The number of carbonyl (C=O) groups is 1. The summed E-state index contributed by atoms with van der Waals surface area (Å²) in [6.07, 6.45) is 13.6.